The Labute approximate surface area is 162 Å². The Kier molecular flexibility index (Phi) is 6.69. The van der Waals surface area contributed by atoms with Gasteiger partial charge in [-0.15, -0.1) is 12.4 Å². The molecule has 144 valence electrons. The van der Waals surface area contributed by atoms with Gasteiger partial charge in [-0.3, -0.25) is 9.59 Å². The highest BCUT2D eigenvalue weighted by atomic mass is 35.5. The molecule has 6 heteroatoms. The summed E-state index contributed by atoms with van der Waals surface area (Å²) in [6.45, 7) is 7.46. The number of rotatable bonds is 4. The normalized spacial score (nSPS) is 24.6. The van der Waals surface area contributed by atoms with Crippen molar-refractivity contribution in [3.63, 3.8) is 0 Å². The molecule has 2 N–H and O–H groups in total. The van der Waals surface area contributed by atoms with Crippen LogP contribution in [0.2, 0.25) is 0 Å². The van der Waals surface area contributed by atoms with E-state index in [4.69, 9.17) is 0 Å². The maximum atomic E-state index is 13.0. The van der Waals surface area contributed by atoms with Crippen LogP contribution in [0.4, 0.5) is 0 Å². The predicted octanol–water partition coefficient (Wildman–Crippen LogP) is 2.61. The molecule has 26 heavy (non-hydrogen) atoms. The molecule has 1 atom stereocenters. The van der Waals surface area contributed by atoms with E-state index in [9.17, 15) is 9.59 Å². The molecule has 0 aromatic heterocycles. The van der Waals surface area contributed by atoms with Gasteiger partial charge < -0.3 is 15.5 Å². The highest BCUT2D eigenvalue weighted by molar-refractivity contribution is 5.99. The second-order valence-corrected chi connectivity index (χ2v) is 7.94. The zero-order valence-corrected chi connectivity index (χ0v) is 16.5. The minimum Gasteiger partial charge on any atom is -0.354 e. The second kappa shape index (κ2) is 8.40. The molecule has 1 aromatic carbocycles. The van der Waals surface area contributed by atoms with E-state index in [2.05, 4.69) is 17.6 Å². The Morgan fingerprint density at radius 2 is 1.77 bits per heavy atom. The number of hydrogen-bond acceptors (Lipinski definition) is 3. The third-order valence-electron chi connectivity index (χ3n) is 5.88. The Morgan fingerprint density at radius 3 is 2.42 bits per heavy atom. The quantitative estimate of drug-likeness (QED) is 0.845. The van der Waals surface area contributed by atoms with Crippen LogP contribution < -0.4 is 10.6 Å². The first-order valence-corrected chi connectivity index (χ1v) is 9.31. The molecule has 2 saturated heterocycles. The summed E-state index contributed by atoms with van der Waals surface area (Å²) >= 11 is 0. The van der Waals surface area contributed by atoms with Gasteiger partial charge in [0.15, 0.2) is 0 Å². The van der Waals surface area contributed by atoms with Crippen LogP contribution >= 0.6 is 12.4 Å². The predicted molar refractivity (Wildman–Crippen MR) is 106 cm³/mol. The number of hydrogen-bond donors (Lipinski definition) is 2. The minimum atomic E-state index is -0.754. The number of carbonyl (C=O) groups excluding carboxylic acids is 2. The van der Waals surface area contributed by atoms with Crippen molar-refractivity contribution in [1.29, 1.82) is 0 Å². The van der Waals surface area contributed by atoms with Crippen molar-refractivity contribution < 1.29 is 9.59 Å². The van der Waals surface area contributed by atoms with Crippen LogP contribution in [-0.2, 0) is 4.79 Å². The van der Waals surface area contributed by atoms with E-state index >= 15 is 0 Å². The third kappa shape index (κ3) is 4.21. The molecule has 5 nitrogen and oxygen atoms in total. The molecular weight excluding hydrogens is 350 g/mol. The SMILES string of the molecule is CC1(CNC(=O)C2(C)CCCN2C(=O)c2ccccc2)CCNCC1.Cl. The van der Waals surface area contributed by atoms with E-state index in [1.807, 2.05) is 37.3 Å². The third-order valence-corrected chi connectivity index (χ3v) is 5.88. The summed E-state index contributed by atoms with van der Waals surface area (Å²) < 4.78 is 0. The van der Waals surface area contributed by atoms with Gasteiger partial charge in [0.25, 0.3) is 5.91 Å². The van der Waals surface area contributed by atoms with E-state index in [1.165, 1.54) is 0 Å². The minimum absolute atomic E-state index is 0. The van der Waals surface area contributed by atoms with Crippen molar-refractivity contribution >= 4 is 24.2 Å². The largest absolute Gasteiger partial charge is 0.354 e. The van der Waals surface area contributed by atoms with Crippen LogP contribution in [0.15, 0.2) is 30.3 Å². The fraction of sp³-hybridized carbons (Fsp3) is 0.600. The number of likely N-dealkylation sites (tertiary alicyclic amines) is 1. The van der Waals surface area contributed by atoms with Crippen LogP contribution in [-0.4, -0.2) is 48.4 Å². The van der Waals surface area contributed by atoms with Crippen LogP contribution in [0.1, 0.15) is 49.9 Å². The van der Waals surface area contributed by atoms with Crippen molar-refractivity contribution in [2.24, 2.45) is 5.41 Å². The summed E-state index contributed by atoms with van der Waals surface area (Å²) in [5.41, 5.74) is 0.0362. The molecule has 0 spiro atoms. The first-order valence-electron chi connectivity index (χ1n) is 9.31. The monoisotopic (exact) mass is 379 g/mol. The Balaban J connectivity index is 0.00000243. The number of amides is 2. The molecule has 2 fully saturated rings. The van der Waals surface area contributed by atoms with Gasteiger partial charge in [-0.1, -0.05) is 25.1 Å². The van der Waals surface area contributed by atoms with Gasteiger partial charge >= 0.3 is 0 Å². The molecule has 2 heterocycles. The van der Waals surface area contributed by atoms with Crippen molar-refractivity contribution in [1.82, 2.24) is 15.5 Å². The molecule has 0 bridgehead atoms. The highest BCUT2D eigenvalue weighted by Crippen LogP contribution is 2.32. The molecule has 2 amide bonds. The number of halogens is 1. The lowest BCUT2D eigenvalue weighted by molar-refractivity contribution is -0.130. The standard InChI is InChI=1S/C20H29N3O2.ClH/c1-19(10-12-21-13-11-19)15-22-18(25)20(2)9-6-14-23(20)17(24)16-7-4-3-5-8-16;/h3-5,7-8,21H,6,9-15H2,1-2H3,(H,22,25);1H. The summed E-state index contributed by atoms with van der Waals surface area (Å²) in [6, 6.07) is 9.24. The summed E-state index contributed by atoms with van der Waals surface area (Å²) in [7, 11) is 0. The molecule has 0 saturated carbocycles. The van der Waals surface area contributed by atoms with Crippen molar-refractivity contribution in [2.45, 2.75) is 45.1 Å². The molecular formula is C20H30ClN3O2. The first-order chi connectivity index (χ1) is 11.9. The van der Waals surface area contributed by atoms with Gasteiger partial charge in [0, 0.05) is 18.7 Å². The topological polar surface area (TPSA) is 61.4 Å². The van der Waals surface area contributed by atoms with Crippen LogP contribution in [0.5, 0.6) is 0 Å². The lowest BCUT2D eigenvalue weighted by Gasteiger charge is -2.37. The van der Waals surface area contributed by atoms with Crippen molar-refractivity contribution in [3.05, 3.63) is 35.9 Å². The zero-order valence-electron chi connectivity index (χ0n) is 15.7. The number of carbonyl (C=O) groups is 2. The van der Waals surface area contributed by atoms with Crippen LogP contribution in [0.25, 0.3) is 0 Å². The first kappa shape index (κ1) is 20.7. The lowest BCUT2D eigenvalue weighted by atomic mass is 9.81. The van der Waals surface area contributed by atoms with Crippen LogP contribution in [0, 0.1) is 5.41 Å². The van der Waals surface area contributed by atoms with E-state index in [0.717, 1.165) is 38.8 Å². The fourth-order valence-electron chi connectivity index (χ4n) is 3.95. The maximum Gasteiger partial charge on any atom is 0.254 e. The number of nitrogens with zero attached hydrogens (tertiary/aromatic N) is 1. The van der Waals surface area contributed by atoms with E-state index in [-0.39, 0.29) is 29.6 Å². The maximum absolute atomic E-state index is 13.0. The Hall–Kier alpha value is -1.59. The smallest absolute Gasteiger partial charge is 0.254 e. The lowest BCUT2D eigenvalue weighted by Crippen LogP contribution is -2.57. The summed E-state index contributed by atoms with van der Waals surface area (Å²) in [5.74, 6) is -0.0714. The molecule has 2 aliphatic rings. The van der Waals surface area contributed by atoms with Gasteiger partial charge in [-0.05, 0) is 63.2 Å². The molecule has 3 rings (SSSR count). The number of nitrogens with one attached hydrogen (secondary N) is 2. The average molecular weight is 380 g/mol. The van der Waals surface area contributed by atoms with Crippen LogP contribution in [0.3, 0.4) is 0 Å². The second-order valence-electron chi connectivity index (χ2n) is 7.94. The average Bonchev–Trinajstić information content (AvgIpc) is 3.03. The number of piperidine rings is 1. The molecule has 1 unspecified atom stereocenters. The summed E-state index contributed by atoms with van der Waals surface area (Å²) in [4.78, 5) is 27.6. The molecule has 1 aromatic rings. The molecule has 0 radical (unpaired) electrons. The number of benzene rings is 1. The van der Waals surface area contributed by atoms with E-state index in [0.29, 0.717) is 18.7 Å². The van der Waals surface area contributed by atoms with Crippen molar-refractivity contribution in [2.75, 3.05) is 26.2 Å². The highest BCUT2D eigenvalue weighted by Gasteiger charge is 2.46. The summed E-state index contributed by atoms with van der Waals surface area (Å²) in [6.07, 6.45) is 3.71. The summed E-state index contributed by atoms with van der Waals surface area (Å²) in [5, 5.41) is 6.52. The van der Waals surface area contributed by atoms with Gasteiger partial charge in [0.2, 0.25) is 5.91 Å². The van der Waals surface area contributed by atoms with E-state index in [1.54, 1.807) is 4.90 Å². The molecule has 2 aliphatic heterocycles. The fourth-order valence-corrected chi connectivity index (χ4v) is 3.95. The van der Waals surface area contributed by atoms with Gasteiger partial charge in [-0.2, -0.15) is 0 Å². The molecule has 0 aliphatic carbocycles. The van der Waals surface area contributed by atoms with Gasteiger partial charge in [0.1, 0.15) is 5.54 Å². The zero-order chi connectivity index (χ0) is 17.9. The van der Waals surface area contributed by atoms with E-state index < -0.39 is 5.54 Å². The Bertz CT molecular complexity index is 631. The van der Waals surface area contributed by atoms with Crippen molar-refractivity contribution in [3.8, 4) is 0 Å². The van der Waals surface area contributed by atoms with Gasteiger partial charge in [-0.25, -0.2) is 0 Å². The van der Waals surface area contributed by atoms with Gasteiger partial charge in [0.05, 0.1) is 0 Å². The Morgan fingerprint density at radius 1 is 1.12 bits per heavy atom.